The van der Waals surface area contributed by atoms with Crippen LogP contribution in [0.1, 0.15) is 90.9 Å². The van der Waals surface area contributed by atoms with Crippen molar-refractivity contribution in [1.29, 1.82) is 0 Å². The number of hydrogen-bond donors (Lipinski definition) is 0. The Bertz CT molecular complexity index is 216. The Kier molecular flexibility index (Phi) is 16.2. The van der Waals surface area contributed by atoms with Crippen molar-refractivity contribution < 1.29 is 4.74 Å². The minimum absolute atomic E-state index is 0.791. The van der Waals surface area contributed by atoms with E-state index in [0.29, 0.717) is 0 Å². The summed E-state index contributed by atoms with van der Waals surface area (Å²) in [5.41, 5.74) is 0. The fourth-order valence-electron chi connectivity index (χ4n) is 2.82. The van der Waals surface area contributed by atoms with E-state index in [0.717, 1.165) is 19.6 Å². The van der Waals surface area contributed by atoms with Crippen LogP contribution in [-0.4, -0.2) is 21.3 Å². The van der Waals surface area contributed by atoms with E-state index in [-0.39, 0.29) is 0 Å². The number of hydrogen-bond acceptors (Lipinski definition) is 1. The van der Waals surface area contributed by atoms with Crippen molar-refractivity contribution in [3.8, 4) is 0 Å². The summed E-state index contributed by atoms with van der Waals surface area (Å²) in [6.07, 6.45) is 16.9. The lowest BCUT2D eigenvalue weighted by Crippen LogP contribution is -2.22. The summed E-state index contributed by atoms with van der Waals surface area (Å²) in [5, 5.41) is 0. The Labute approximate surface area is 142 Å². The van der Waals surface area contributed by atoms with Gasteiger partial charge in [-0.15, -0.1) is 0 Å². The highest BCUT2D eigenvalue weighted by atomic mass is 28.3. The molecule has 0 spiro atoms. The smallest absolute Gasteiger partial charge is 0.0471 e. The fourth-order valence-corrected chi connectivity index (χ4v) is 4.38. The molecule has 22 heavy (non-hydrogen) atoms. The summed E-state index contributed by atoms with van der Waals surface area (Å²) in [6, 6.07) is 3.00. The van der Waals surface area contributed by atoms with Gasteiger partial charge in [0.25, 0.3) is 0 Å². The van der Waals surface area contributed by atoms with Crippen molar-refractivity contribution in [2.45, 2.75) is 116 Å². The van der Waals surface area contributed by atoms with Gasteiger partial charge < -0.3 is 4.74 Å². The van der Waals surface area contributed by atoms with Gasteiger partial charge in [-0.25, -0.2) is 0 Å². The van der Waals surface area contributed by atoms with Crippen LogP contribution < -0.4 is 0 Å². The molecule has 2 heteroatoms. The number of unbranched alkanes of at least 4 members (excludes halogenated alkanes) is 10. The van der Waals surface area contributed by atoms with Crippen molar-refractivity contribution >= 4 is 8.07 Å². The second-order valence-electron chi connectivity index (χ2n) is 7.77. The number of ether oxygens (including phenoxy) is 1. The molecule has 0 aromatic carbocycles. The highest BCUT2D eigenvalue weighted by molar-refractivity contribution is 6.77. The van der Waals surface area contributed by atoms with Gasteiger partial charge in [-0.05, 0) is 12.8 Å². The summed E-state index contributed by atoms with van der Waals surface area (Å²) < 4.78 is 5.51. The first-order valence-corrected chi connectivity index (χ1v) is 13.6. The third-order valence-corrected chi connectivity index (χ3v) is 8.57. The predicted octanol–water partition coefficient (Wildman–Crippen LogP) is 7.43. The maximum absolute atomic E-state index is 5.51. The lowest BCUT2D eigenvalue weighted by Gasteiger charge is -2.19. The van der Waals surface area contributed by atoms with Crippen LogP contribution in [0.2, 0.25) is 25.2 Å². The van der Waals surface area contributed by atoms with Crippen LogP contribution in [0.4, 0.5) is 0 Å². The number of rotatable bonds is 17. The second kappa shape index (κ2) is 16.0. The Balaban J connectivity index is 3.06. The van der Waals surface area contributed by atoms with Crippen LogP contribution in [-0.2, 0) is 4.74 Å². The minimum Gasteiger partial charge on any atom is -0.381 e. The second-order valence-corrected chi connectivity index (χ2v) is 13.3. The zero-order chi connectivity index (χ0) is 16.5. The molecule has 0 heterocycles. The average Bonchev–Trinajstić information content (AvgIpc) is 2.51. The van der Waals surface area contributed by atoms with Crippen molar-refractivity contribution in [2.75, 3.05) is 13.2 Å². The Morgan fingerprint density at radius 1 is 0.591 bits per heavy atom. The summed E-state index contributed by atoms with van der Waals surface area (Å²) in [4.78, 5) is 0. The standard InChI is InChI=1S/C20H44OSi/c1-5-18-21-19-16-14-12-10-8-7-9-11-13-15-17-20-22(3,4)6-2/h5-20H2,1-4H3. The van der Waals surface area contributed by atoms with Gasteiger partial charge in [0, 0.05) is 21.3 Å². The minimum atomic E-state index is -0.791. The normalized spacial score (nSPS) is 12.0. The monoisotopic (exact) mass is 328 g/mol. The van der Waals surface area contributed by atoms with E-state index in [1.54, 1.807) is 6.04 Å². The quantitative estimate of drug-likeness (QED) is 0.199. The van der Waals surface area contributed by atoms with E-state index in [9.17, 15) is 0 Å². The van der Waals surface area contributed by atoms with E-state index in [2.05, 4.69) is 26.9 Å². The van der Waals surface area contributed by atoms with Crippen LogP contribution in [0.15, 0.2) is 0 Å². The lowest BCUT2D eigenvalue weighted by molar-refractivity contribution is 0.130. The molecule has 0 fully saturated rings. The molecule has 0 rings (SSSR count). The van der Waals surface area contributed by atoms with Gasteiger partial charge in [-0.1, -0.05) is 103 Å². The lowest BCUT2D eigenvalue weighted by atomic mass is 10.1. The Morgan fingerprint density at radius 3 is 1.50 bits per heavy atom. The van der Waals surface area contributed by atoms with Crippen LogP contribution in [0, 0.1) is 0 Å². The zero-order valence-corrected chi connectivity index (χ0v) is 17.2. The van der Waals surface area contributed by atoms with Crippen molar-refractivity contribution in [3.05, 3.63) is 0 Å². The van der Waals surface area contributed by atoms with Crippen molar-refractivity contribution in [1.82, 2.24) is 0 Å². The van der Waals surface area contributed by atoms with E-state index in [1.807, 2.05) is 0 Å². The van der Waals surface area contributed by atoms with Crippen LogP contribution >= 0.6 is 0 Å². The highest BCUT2D eigenvalue weighted by Crippen LogP contribution is 2.19. The molecule has 0 unspecified atom stereocenters. The van der Waals surface area contributed by atoms with E-state index < -0.39 is 8.07 Å². The molecular formula is C20H44OSi. The van der Waals surface area contributed by atoms with Gasteiger partial charge in [0.05, 0.1) is 0 Å². The molecule has 0 N–H and O–H groups in total. The first-order valence-electron chi connectivity index (χ1n) is 10.2. The van der Waals surface area contributed by atoms with E-state index in [4.69, 9.17) is 4.74 Å². The highest BCUT2D eigenvalue weighted by Gasteiger charge is 2.16. The summed E-state index contributed by atoms with van der Waals surface area (Å²) >= 11 is 0. The predicted molar refractivity (Wildman–Crippen MR) is 105 cm³/mol. The van der Waals surface area contributed by atoms with Crippen LogP contribution in [0.5, 0.6) is 0 Å². The van der Waals surface area contributed by atoms with E-state index in [1.165, 1.54) is 76.7 Å². The topological polar surface area (TPSA) is 9.23 Å². The molecule has 0 aromatic rings. The molecule has 0 aliphatic heterocycles. The largest absolute Gasteiger partial charge is 0.381 e. The molecule has 0 saturated carbocycles. The maximum atomic E-state index is 5.51. The fraction of sp³-hybridized carbons (Fsp3) is 1.00. The molecule has 0 bridgehead atoms. The molecular weight excluding hydrogens is 284 g/mol. The molecule has 0 amide bonds. The van der Waals surface area contributed by atoms with Gasteiger partial charge in [0.2, 0.25) is 0 Å². The first kappa shape index (κ1) is 22.2. The molecule has 1 nitrogen and oxygen atoms in total. The van der Waals surface area contributed by atoms with Crippen molar-refractivity contribution in [3.63, 3.8) is 0 Å². The van der Waals surface area contributed by atoms with Gasteiger partial charge in [0.15, 0.2) is 0 Å². The van der Waals surface area contributed by atoms with Gasteiger partial charge in [-0.2, -0.15) is 0 Å². The van der Waals surface area contributed by atoms with Gasteiger partial charge in [0.1, 0.15) is 0 Å². The summed E-state index contributed by atoms with van der Waals surface area (Å²) in [5.74, 6) is 0. The average molecular weight is 329 g/mol. The molecule has 0 atom stereocenters. The molecule has 0 radical (unpaired) electrons. The molecule has 0 saturated heterocycles. The van der Waals surface area contributed by atoms with Gasteiger partial charge >= 0.3 is 0 Å². The molecule has 0 aromatic heterocycles. The third-order valence-electron chi connectivity index (χ3n) is 4.95. The SMILES string of the molecule is CCCOCCCCCCCCCCCCC[Si](C)(C)CC. The molecule has 134 valence electrons. The zero-order valence-electron chi connectivity index (χ0n) is 16.2. The Hall–Kier alpha value is 0.177. The maximum Gasteiger partial charge on any atom is 0.0471 e. The first-order chi connectivity index (χ1) is 10.6. The van der Waals surface area contributed by atoms with Crippen LogP contribution in [0.3, 0.4) is 0 Å². The molecule has 0 aliphatic carbocycles. The van der Waals surface area contributed by atoms with Crippen LogP contribution in [0.25, 0.3) is 0 Å². The van der Waals surface area contributed by atoms with Gasteiger partial charge in [-0.3, -0.25) is 0 Å². The summed E-state index contributed by atoms with van der Waals surface area (Å²) in [7, 11) is -0.791. The molecule has 0 aliphatic rings. The van der Waals surface area contributed by atoms with E-state index >= 15 is 0 Å². The summed E-state index contributed by atoms with van der Waals surface area (Å²) in [6.45, 7) is 11.6. The third kappa shape index (κ3) is 16.5. The Morgan fingerprint density at radius 2 is 1.05 bits per heavy atom. The van der Waals surface area contributed by atoms with Crippen molar-refractivity contribution in [2.24, 2.45) is 0 Å².